The monoisotopic (exact) mass is 422 g/mol. The van der Waals surface area contributed by atoms with Crippen LogP contribution in [-0.2, 0) is 23.3 Å². The Kier molecular flexibility index (Phi) is 7.68. The van der Waals surface area contributed by atoms with Crippen molar-refractivity contribution in [1.82, 2.24) is 0 Å². The van der Waals surface area contributed by atoms with E-state index in [1.165, 1.54) is 0 Å². The van der Waals surface area contributed by atoms with Gasteiger partial charge in [-0.25, -0.2) is 4.57 Å². The van der Waals surface area contributed by atoms with Gasteiger partial charge >= 0.3 is 7.82 Å². The minimum atomic E-state index is -5.20. The van der Waals surface area contributed by atoms with Gasteiger partial charge in [0.2, 0.25) is 0 Å². The number of rotatable bonds is 6. The van der Waals surface area contributed by atoms with Crippen molar-refractivity contribution in [3.05, 3.63) is 0 Å². The normalized spacial score (nSPS) is 46.4. The summed E-state index contributed by atoms with van der Waals surface area (Å²) in [4.78, 5) is 18.0. The van der Waals surface area contributed by atoms with Gasteiger partial charge in [0.25, 0.3) is 0 Å². The summed E-state index contributed by atoms with van der Waals surface area (Å²) in [5.41, 5.74) is 0. The van der Waals surface area contributed by atoms with Crippen molar-refractivity contribution in [3.63, 3.8) is 0 Å². The van der Waals surface area contributed by atoms with Crippen LogP contribution in [0.5, 0.6) is 0 Å². The maximum atomic E-state index is 11.1. The van der Waals surface area contributed by atoms with Crippen LogP contribution in [0.4, 0.5) is 0 Å². The minimum absolute atomic E-state index is 0.765. The van der Waals surface area contributed by atoms with Crippen molar-refractivity contribution in [2.24, 2.45) is 0 Å². The van der Waals surface area contributed by atoms with E-state index in [9.17, 15) is 35.2 Å². The maximum absolute atomic E-state index is 11.1. The molecule has 0 aliphatic carbocycles. The molecule has 0 aromatic carbocycles. The van der Waals surface area contributed by atoms with Crippen LogP contribution in [0.25, 0.3) is 0 Å². The van der Waals surface area contributed by atoms with Gasteiger partial charge in [0.1, 0.15) is 48.8 Å². The molecule has 0 unspecified atom stereocenters. The Labute approximate surface area is 152 Å². The zero-order chi connectivity index (χ0) is 20.5. The lowest BCUT2D eigenvalue weighted by atomic mass is 9.98. The van der Waals surface area contributed by atoms with E-state index in [0.717, 1.165) is 0 Å². The van der Waals surface area contributed by atoms with Crippen LogP contribution in [0, 0.1) is 0 Å². The second kappa shape index (κ2) is 9.02. The number of aliphatic hydroxyl groups excluding tert-OH is 7. The summed E-state index contributed by atoms with van der Waals surface area (Å²) in [6.45, 7) is -1.57. The van der Waals surface area contributed by atoms with Crippen LogP contribution in [0.1, 0.15) is 0 Å². The Bertz CT molecular complexity index is 526. The molecule has 27 heavy (non-hydrogen) atoms. The summed E-state index contributed by atoms with van der Waals surface area (Å²) in [7, 11) is -5.20. The van der Waals surface area contributed by atoms with Crippen molar-refractivity contribution in [1.29, 1.82) is 0 Å². The molecule has 0 aromatic heterocycles. The SMILES string of the molecule is O=P(O)(O)O[C@H]1[C@@H](O[C@H]2O[C@H](CO)[C@@H](O)[C@H](O)[C@H]2O)O[C@H](CO)[C@@H](O)[C@@H]1O. The Hall–Kier alpha value is -0.290. The Balaban J connectivity index is 2.22. The highest BCUT2D eigenvalue weighted by Crippen LogP contribution is 2.42. The van der Waals surface area contributed by atoms with E-state index >= 15 is 0 Å². The predicted octanol–water partition coefficient (Wildman–Crippen LogP) is -5.28. The van der Waals surface area contributed by atoms with Gasteiger partial charge < -0.3 is 59.7 Å². The van der Waals surface area contributed by atoms with E-state index in [1.807, 2.05) is 0 Å². The molecule has 0 bridgehead atoms. The van der Waals surface area contributed by atoms with Crippen LogP contribution in [-0.4, -0.2) is 120 Å². The lowest BCUT2D eigenvalue weighted by Gasteiger charge is -2.45. The summed E-state index contributed by atoms with van der Waals surface area (Å²) >= 11 is 0. The molecule has 0 saturated carbocycles. The fourth-order valence-electron chi connectivity index (χ4n) is 2.75. The van der Waals surface area contributed by atoms with Crippen molar-refractivity contribution in [2.45, 2.75) is 61.4 Å². The van der Waals surface area contributed by atoms with E-state index < -0.39 is 82.4 Å². The number of phosphoric acid groups is 1. The Morgan fingerprint density at radius 3 is 1.70 bits per heavy atom. The summed E-state index contributed by atoms with van der Waals surface area (Å²) in [5.74, 6) is 0. The summed E-state index contributed by atoms with van der Waals surface area (Å²) in [5, 5.41) is 67.6. The number of aliphatic hydroxyl groups is 7. The van der Waals surface area contributed by atoms with E-state index in [0.29, 0.717) is 0 Å². The van der Waals surface area contributed by atoms with Crippen LogP contribution in [0.3, 0.4) is 0 Å². The topological polar surface area (TPSA) is 236 Å². The first kappa shape index (κ1) is 23.0. The second-order valence-electron chi connectivity index (χ2n) is 6.10. The molecule has 0 spiro atoms. The van der Waals surface area contributed by atoms with E-state index in [2.05, 4.69) is 4.52 Å². The smallest absolute Gasteiger partial charge is 0.394 e. The van der Waals surface area contributed by atoms with Crippen molar-refractivity contribution < 1.29 is 68.8 Å². The number of hydrogen-bond donors (Lipinski definition) is 9. The van der Waals surface area contributed by atoms with E-state index in [-0.39, 0.29) is 0 Å². The first-order chi connectivity index (χ1) is 12.5. The molecule has 2 aliphatic heterocycles. The fraction of sp³-hybridized carbons (Fsp3) is 1.00. The molecular weight excluding hydrogens is 399 g/mol. The number of hydrogen-bond acceptors (Lipinski definition) is 12. The Morgan fingerprint density at radius 2 is 1.22 bits per heavy atom. The summed E-state index contributed by atoms with van der Waals surface area (Å²) in [6.07, 6.45) is -17.6. The van der Waals surface area contributed by atoms with E-state index in [4.69, 9.17) is 29.1 Å². The van der Waals surface area contributed by atoms with Gasteiger partial charge in [0.05, 0.1) is 13.2 Å². The van der Waals surface area contributed by atoms with Gasteiger partial charge in [0, 0.05) is 0 Å². The molecule has 0 aromatic rings. The molecule has 15 heteroatoms. The molecule has 2 aliphatic rings. The van der Waals surface area contributed by atoms with Crippen LogP contribution >= 0.6 is 7.82 Å². The lowest BCUT2D eigenvalue weighted by Crippen LogP contribution is -2.64. The molecule has 0 amide bonds. The molecule has 14 nitrogen and oxygen atoms in total. The lowest BCUT2D eigenvalue weighted by molar-refractivity contribution is -0.374. The predicted molar refractivity (Wildman–Crippen MR) is 79.5 cm³/mol. The van der Waals surface area contributed by atoms with Crippen LogP contribution in [0.15, 0.2) is 0 Å². The molecule has 9 N–H and O–H groups in total. The van der Waals surface area contributed by atoms with Gasteiger partial charge in [-0.05, 0) is 0 Å². The third-order valence-electron chi connectivity index (χ3n) is 4.20. The summed E-state index contributed by atoms with van der Waals surface area (Å²) < 4.78 is 30.9. The Morgan fingerprint density at radius 1 is 0.741 bits per heavy atom. The molecule has 0 radical (unpaired) electrons. The van der Waals surface area contributed by atoms with Crippen molar-refractivity contribution >= 4 is 7.82 Å². The summed E-state index contributed by atoms with van der Waals surface area (Å²) in [6, 6.07) is 0. The molecule has 2 fully saturated rings. The highest BCUT2D eigenvalue weighted by atomic mass is 31.2. The molecule has 2 saturated heterocycles. The van der Waals surface area contributed by atoms with Gasteiger partial charge in [-0.2, -0.15) is 0 Å². The molecule has 160 valence electrons. The zero-order valence-corrected chi connectivity index (χ0v) is 14.6. The average molecular weight is 422 g/mol. The third-order valence-corrected chi connectivity index (χ3v) is 4.72. The third kappa shape index (κ3) is 5.20. The van der Waals surface area contributed by atoms with Gasteiger partial charge in [-0.1, -0.05) is 0 Å². The van der Waals surface area contributed by atoms with Gasteiger partial charge in [-0.3, -0.25) is 4.52 Å². The van der Waals surface area contributed by atoms with Crippen molar-refractivity contribution in [2.75, 3.05) is 13.2 Å². The zero-order valence-electron chi connectivity index (χ0n) is 13.7. The highest BCUT2D eigenvalue weighted by molar-refractivity contribution is 7.46. The second-order valence-corrected chi connectivity index (χ2v) is 7.29. The van der Waals surface area contributed by atoms with E-state index in [1.54, 1.807) is 0 Å². The first-order valence-corrected chi connectivity index (χ1v) is 9.35. The maximum Gasteiger partial charge on any atom is 0.470 e. The average Bonchev–Trinajstić information content (AvgIpc) is 2.60. The van der Waals surface area contributed by atoms with Crippen LogP contribution < -0.4 is 0 Å². The largest absolute Gasteiger partial charge is 0.470 e. The number of ether oxygens (including phenoxy) is 3. The fourth-order valence-corrected chi connectivity index (χ4v) is 3.29. The molecule has 2 rings (SSSR count). The quantitative estimate of drug-likeness (QED) is 0.182. The molecule has 10 atom stereocenters. The number of phosphoric ester groups is 1. The standard InChI is InChI=1S/C12H23O14P/c13-1-3-5(15)7(17)9(19)11(23-3)25-12-10(26-27(20,21)22)8(18)6(16)4(2-14)24-12/h3-19H,1-2H2,(H2,20,21,22)/t3-,4-,5-,6-,7+,8+,9-,10-,11-,12-/m1/s1. The van der Waals surface area contributed by atoms with Crippen LogP contribution in [0.2, 0.25) is 0 Å². The highest BCUT2D eigenvalue weighted by Gasteiger charge is 2.51. The van der Waals surface area contributed by atoms with Crippen molar-refractivity contribution in [3.8, 4) is 0 Å². The molecule has 2 heterocycles. The minimum Gasteiger partial charge on any atom is -0.394 e. The van der Waals surface area contributed by atoms with Gasteiger partial charge in [-0.15, -0.1) is 0 Å². The van der Waals surface area contributed by atoms with Gasteiger partial charge in [0.15, 0.2) is 12.6 Å². The first-order valence-electron chi connectivity index (χ1n) is 7.82. The molecular formula is C12H23O14P.